The van der Waals surface area contributed by atoms with Gasteiger partial charge in [-0.15, -0.1) is 11.6 Å². The molecule has 5 nitrogen and oxygen atoms in total. The number of alkyl halides is 1. The quantitative estimate of drug-likeness (QED) is 0.774. The summed E-state index contributed by atoms with van der Waals surface area (Å²) >= 11 is 5.60. The summed E-state index contributed by atoms with van der Waals surface area (Å²) in [4.78, 5) is 6.54. The maximum atomic E-state index is 11.8. The molecule has 0 aliphatic carbocycles. The van der Waals surface area contributed by atoms with Crippen molar-refractivity contribution in [2.24, 2.45) is 0 Å². The highest BCUT2D eigenvalue weighted by molar-refractivity contribution is 7.90. The van der Waals surface area contributed by atoms with Crippen LogP contribution in [0, 0.1) is 0 Å². The zero-order valence-electron chi connectivity index (χ0n) is 11.5. The highest BCUT2D eigenvalue weighted by Crippen LogP contribution is 2.26. The van der Waals surface area contributed by atoms with Gasteiger partial charge in [-0.1, -0.05) is 0 Å². The van der Waals surface area contributed by atoms with E-state index in [0.29, 0.717) is 23.2 Å². The number of halogens is 1. The number of rotatable bonds is 5. The van der Waals surface area contributed by atoms with Crippen LogP contribution >= 0.6 is 11.6 Å². The van der Waals surface area contributed by atoms with Crippen molar-refractivity contribution in [3.63, 3.8) is 0 Å². The molecule has 1 aromatic heterocycles. The Kier molecular flexibility index (Phi) is 5.23. The standard InChI is InChI=1S/C13H19ClN2O3S/c1-20(17,18)12-3-2-7-15-13(12)16-8-4-11(5-9-16)19-10-6-14/h2-3,7,11H,4-6,8-10H2,1H3. The van der Waals surface area contributed by atoms with Crippen LogP contribution in [0.5, 0.6) is 0 Å². The average molecular weight is 319 g/mol. The summed E-state index contributed by atoms with van der Waals surface area (Å²) in [6.07, 6.45) is 4.76. The molecule has 0 spiro atoms. The molecule has 0 bridgehead atoms. The maximum Gasteiger partial charge on any atom is 0.179 e. The Morgan fingerprint density at radius 2 is 2.15 bits per heavy atom. The Balaban J connectivity index is 2.08. The van der Waals surface area contributed by atoms with E-state index in [1.165, 1.54) is 6.26 Å². The molecule has 2 rings (SSSR count). The van der Waals surface area contributed by atoms with Crippen LogP contribution in [0.3, 0.4) is 0 Å². The van der Waals surface area contributed by atoms with Crippen molar-refractivity contribution >= 4 is 27.3 Å². The van der Waals surface area contributed by atoms with Crippen LogP contribution in [0.25, 0.3) is 0 Å². The van der Waals surface area contributed by atoms with Crippen molar-refractivity contribution in [1.29, 1.82) is 0 Å². The number of nitrogens with zero attached hydrogens (tertiary/aromatic N) is 2. The summed E-state index contributed by atoms with van der Waals surface area (Å²) in [6, 6.07) is 3.25. The lowest BCUT2D eigenvalue weighted by Crippen LogP contribution is -2.38. The fourth-order valence-corrected chi connectivity index (χ4v) is 3.28. The maximum absolute atomic E-state index is 11.8. The van der Waals surface area contributed by atoms with Gasteiger partial charge in [0.2, 0.25) is 0 Å². The number of pyridine rings is 1. The molecule has 1 aliphatic rings. The number of anilines is 1. The van der Waals surface area contributed by atoms with Crippen LogP contribution in [0.4, 0.5) is 5.82 Å². The Bertz CT molecular complexity index is 542. The Morgan fingerprint density at radius 1 is 1.45 bits per heavy atom. The number of sulfone groups is 1. The van der Waals surface area contributed by atoms with E-state index in [0.717, 1.165) is 25.9 Å². The molecule has 0 atom stereocenters. The summed E-state index contributed by atoms with van der Waals surface area (Å²) in [5.41, 5.74) is 0. The first-order valence-corrected chi connectivity index (χ1v) is 9.02. The van der Waals surface area contributed by atoms with Gasteiger partial charge >= 0.3 is 0 Å². The normalized spacial score (nSPS) is 17.4. The third-order valence-electron chi connectivity index (χ3n) is 3.32. The predicted molar refractivity (Wildman–Crippen MR) is 79.3 cm³/mol. The fourth-order valence-electron chi connectivity index (χ4n) is 2.35. The molecule has 1 aromatic rings. The van der Waals surface area contributed by atoms with E-state index in [4.69, 9.17) is 16.3 Å². The SMILES string of the molecule is CS(=O)(=O)c1cccnc1N1CCC(OCCCl)CC1. The van der Waals surface area contributed by atoms with Gasteiger partial charge in [-0.2, -0.15) is 0 Å². The number of piperidine rings is 1. The Hall–Kier alpha value is -0.850. The Labute approximate surface area is 124 Å². The van der Waals surface area contributed by atoms with Crippen molar-refractivity contribution in [3.05, 3.63) is 18.3 Å². The first-order valence-electron chi connectivity index (χ1n) is 6.60. The number of hydrogen-bond donors (Lipinski definition) is 0. The van der Waals surface area contributed by atoms with E-state index < -0.39 is 9.84 Å². The molecule has 0 aromatic carbocycles. The smallest absolute Gasteiger partial charge is 0.179 e. The van der Waals surface area contributed by atoms with E-state index in [9.17, 15) is 8.42 Å². The lowest BCUT2D eigenvalue weighted by molar-refractivity contribution is 0.0470. The van der Waals surface area contributed by atoms with E-state index in [1.807, 2.05) is 4.90 Å². The van der Waals surface area contributed by atoms with Crippen LogP contribution in [0.1, 0.15) is 12.8 Å². The molecular formula is C13H19ClN2O3S. The van der Waals surface area contributed by atoms with Crippen molar-refractivity contribution in [1.82, 2.24) is 4.98 Å². The second kappa shape index (κ2) is 6.74. The largest absolute Gasteiger partial charge is 0.377 e. The average Bonchev–Trinajstić information content (AvgIpc) is 2.45. The van der Waals surface area contributed by atoms with Crippen LogP contribution < -0.4 is 4.90 Å². The lowest BCUT2D eigenvalue weighted by atomic mass is 10.1. The summed E-state index contributed by atoms with van der Waals surface area (Å²) in [7, 11) is -3.26. The molecule has 0 amide bonds. The summed E-state index contributed by atoms with van der Waals surface area (Å²) in [6.45, 7) is 2.05. The van der Waals surface area contributed by atoms with Gasteiger partial charge in [-0.3, -0.25) is 0 Å². The van der Waals surface area contributed by atoms with Gasteiger partial charge < -0.3 is 9.64 Å². The monoisotopic (exact) mass is 318 g/mol. The van der Waals surface area contributed by atoms with Crippen LogP contribution in [-0.4, -0.2) is 51.3 Å². The second-order valence-electron chi connectivity index (χ2n) is 4.84. The number of ether oxygens (including phenoxy) is 1. The number of aromatic nitrogens is 1. The van der Waals surface area contributed by atoms with Crippen LogP contribution in [-0.2, 0) is 14.6 Å². The molecule has 2 heterocycles. The zero-order valence-corrected chi connectivity index (χ0v) is 13.0. The van der Waals surface area contributed by atoms with Crippen molar-refractivity contribution in [2.45, 2.75) is 23.8 Å². The highest BCUT2D eigenvalue weighted by atomic mass is 35.5. The van der Waals surface area contributed by atoms with E-state index in [-0.39, 0.29) is 6.10 Å². The first kappa shape index (κ1) is 15.5. The zero-order chi connectivity index (χ0) is 14.6. The van der Waals surface area contributed by atoms with E-state index >= 15 is 0 Å². The lowest BCUT2D eigenvalue weighted by Gasteiger charge is -2.33. The van der Waals surface area contributed by atoms with Gasteiger partial charge in [0.1, 0.15) is 10.7 Å². The van der Waals surface area contributed by atoms with Gasteiger partial charge in [-0.05, 0) is 25.0 Å². The molecule has 0 radical (unpaired) electrons. The van der Waals surface area contributed by atoms with Gasteiger partial charge in [0.15, 0.2) is 9.84 Å². The summed E-state index contributed by atoms with van der Waals surface area (Å²) in [5.74, 6) is 1.05. The van der Waals surface area contributed by atoms with Gasteiger partial charge in [0.25, 0.3) is 0 Å². The number of hydrogen-bond acceptors (Lipinski definition) is 5. The summed E-state index contributed by atoms with van der Waals surface area (Å²) < 4.78 is 29.2. The molecule has 1 aliphatic heterocycles. The van der Waals surface area contributed by atoms with Crippen LogP contribution in [0.2, 0.25) is 0 Å². The topological polar surface area (TPSA) is 59.5 Å². The molecule has 7 heteroatoms. The molecule has 0 N–H and O–H groups in total. The van der Waals surface area contributed by atoms with E-state index in [1.54, 1.807) is 18.3 Å². The molecule has 0 unspecified atom stereocenters. The minimum Gasteiger partial charge on any atom is -0.377 e. The molecular weight excluding hydrogens is 300 g/mol. The third kappa shape index (κ3) is 3.84. The molecule has 0 saturated carbocycles. The molecule has 1 saturated heterocycles. The first-order chi connectivity index (χ1) is 9.52. The molecule has 1 fully saturated rings. The summed E-state index contributed by atoms with van der Waals surface area (Å²) in [5, 5.41) is 0. The van der Waals surface area contributed by atoms with Crippen molar-refractivity contribution in [2.75, 3.05) is 36.7 Å². The van der Waals surface area contributed by atoms with Crippen molar-refractivity contribution < 1.29 is 13.2 Å². The predicted octanol–water partition coefficient (Wildman–Crippen LogP) is 1.71. The molecule has 20 heavy (non-hydrogen) atoms. The fraction of sp³-hybridized carbons (Fsp3) is 0.615. The van der Waals surface area contributed by atoms with E-state index in [2.05, 4.69) is 4.98 Å². The van der Waals surface area contributed by atoms with Gasteiger partial charge in [-0.25, -0.2) is 13.4 Å². The second-order valence-corrected chi connectivity index (χ2v) is 7.21. The van der Waals surface area contributed by atoms with Crippen molar-refractivity contribution in [3.8, 4) is 0 Å². The minimum absolute atomic E-state index is 0.204. The highest BCUT2D eigenvalue weighted by Gasteiger charge is 2.24. The van der Waals surface area contributed by atoms with Crippen LogP contribution in [0.15, 0.2) is 23.2 Å². The molecule has 112 valence electrons. The Morgan fingerprint density at radius 3 is 2.75 bits per heavy atom. The van der Waals surface area contributed by atoms with Gasteiger partial charge in [0.05, 0.1) is 12.7 Å². The minimum atomic E-state index is -3.26. The van der Waals surface area contributed by atoms with Gasteiger partial charge in [0, 0.05) is 31.4 Å². The third-order valence-corrected chi connectivity index (χ3v) is 4.59.